The molecule has 8 rings (SSSR count). The van der Waals surface area contributed by atoms with Gasteiger partial charge in [-0.15, -0.1) is 12.1 Å². The van der Waals surface area contributed by atoms with Gasteiger partial charge in [0.05, 0.1) is 11.6 Å². The van der Waals surface area contributed by atoms with Gasteiger partial charge in [-0.1, -0.05) is 107 Å². The van der Waals surface area contributed by atoms with Crippen molar-refractivity contribution < 1.29 is 38.7 Å². The topological polar surface area (TPSA) is 47.5 Å². The molecule has 5 nitrogen and oxygen atoms in total. The Morgan fingerprint density at radius 3 is 1.55 bits per heavy atom. The number of hydrogen-bond acceptors (Lipinski definition) is 5. The van der Waals surface area contributed by atoms with E-state index in [9.17, 15) is 0 Å². The minimum atomic E-state index is -0.935. The third kappa shape index (κ3) is 8.91. The molecule has 0 saturated heterocycles. The fourth-order valence-electron chi connectivity index (χ4n) is 7.92. The number of pyridine rings is 2. The third-order valence-electron chi connectivity index (χ3n) is 10.1. The summed E-state index contributed by atoms with van der Waals surface area (Å²) in [6.07, 6.45) is 3.33. The van der Waals surface area contributed by atoms with Gasteiger partial charge >= 0.3 is 20.4 Å². The van der Waals surface area contributed by atoms with Crippen LogP contribution < -0.4 is 14.4 Å². The number of hydrogen-bond donors (Lipinski definition) is 0. The first-order valence-electron chi connectivity index (χ1n) is 19.3. The molecule has 0 radical (unpaired) electrons. The molecular formula is C52H41F2N3O2Pd. The van der Waals surface area contributed by atoms with E-state index in [1.54, 1.807) is 24.5 Å². The molecule has 0 aliphatic rings. The van der Waals surface area contributed by atoms with Gasteiger partial charge in [0.1, 0.15) is 0 Å². The van der Waals surface area contributed by atoms with E-state index < -0.39 is 11.6 Å². The van der Waals surface area contributed by atoms with Gasteiger partial charge in [0.2, 0.25) is 5.88 Å². The smallest absolute Gasteiger partial charge is 0.500 e. The van der Waals surface area contributed by atoms with Crippen molar-refractivity contribution in [2.24, 2.45) is 0 Å². The van der Waals surface area contributed by atoms with Crippen molar-refractivity contribution in [1.29, 1.82) is 0 Å². The molecule has 0 saturated carbocycles. The maximum Gasteiger partial charge on any atom is 2.00 e. The first-order valence-corrected chi connectivity index (χ1v) is 19.3. The summed E-state index contributed by atoms with van der Waals surface area (Å²) in [6.45, 7) is 12.4. The fraction of sp³-hybridized carbons (Fsp3) is 0.115. The normalized spacial score (nSPS) is 10.9. The molecule has 60 heavy (non-hydrogen) atoms. The molecule has 0 fully saturated rings. The van der Waals surface area contributed by atoms with E-state index in [0.717, 1.165) is 67.5 Å². The van der Waals surface area contributed by atoms with Crippen LogP contribution >= 0.6 is 0 Å². The van der Waals surface area contributed by atoms with Crippen molar-refractivity contribution in [3.63, 3.8) is 0 Å². The Bertz CT molecular complexity index is 2750. The van der Waals surface area contributed by atoms with Crippen LogP contribution in [0.25, 0.3) is 33.5 Å². The van der Waals surface area contributed by atoms with Gasteiger partial charge in [-0.3, -0.25) is 8.78 Å². The number of rotatable bonds is 10. The zero-order valence-corrected chi connectivity index (χ0v) is 35.6. The van der Waals surface area contributed by atoms with E-state index in [-0.39, 0.29) is 48.9 Å². The number of benzene rings is 6. The molecule has 2 aromatic heterocycles. The second-order valence-corrected chi connectivity index (χ2v) is 14.8. The second-order valence-electron chi connectivity index (χ2n) is 14.8. The summed E-state index contributed by atoms with van der Waals surface area (Å²) < 4.78 is 44.2. The Morgan fingerprint density at radius 2 is 1.00 bits per heavy atom. The molecule has 0 N–H and O–H groups in total. The van der Waals surface area contributed by atoms with E-state index in [1.165, 1.54) is 5.56 Å². The van der Waals surface area contributed by atoms with Crippen LogP contribution in [0, 0.1) is 65.3 Å². The number of anilines is 3. The average molecular weight is 884 g/mol. The van der Waals surface area contributed by atoms with Crippen molar-refractivity contribution in [3.05, 3.63) is 197 Å². The zero-order valence-electron chi connectivity index (χ0n) is 34.0. The van der Waals surface area contributed by atoms with Gasteiger partial charge in [-0.25, -0.2) is 4.98 Å². The van der Waals surface area contributed by atoms with Crippen molar-refractivity contribution in [3.8, 4) is 56.6 Å². The van der Waals surface area contributed by atoms with Crippen LogP contribution in [0.15, 0.2) is 140 Å². The Morgan fingerprint density at radius 1 is 0.500 bits per heavy atom. The summed E-state index contributed by atoms with van der Waals surface area (Å²) in [6, 6.07) is 46.1. The molecule has 8 aromatic rings. The largest absolute Gasteiger partial charge is 2.00 e. The summed E-state index contributed by atoms with van der Waals surface area (Å²) >= 11 is 0. The monoisotopic (exact) mass is 883 g/mol. The van der Waals surface area contributed by atoms with Crippen molar-refractivity contribution >= 4 is 17.1 Å². The SMILES string of the molecule is Cc1cc(C)c(-c2ccnc(Oc3[c-]c(Oc4[c-]c(-c5cc(-c6c(C)cc(C)cc6C)ccn5)c(F)cc4F)cc(N(c4ccccc4)c4ccccc4)c3)c2)c(C)c1.[Pd+2]. The molecule has 8 heteroatoms. The van der Waals surface area contributed by atoms with Crippen molar-refractivity contribution in [2.45, 2.75) is 41.5 Å². The Hall–Kier alpha value is -6.46. The molecule has 300 valence electrons. The minimum Gasteiger partial charge on any atom is -0.500 e. The Kier molecular flexibility index (Phi) is 12.4. The second kappa shape index (κ2) is 17.8. The van der Waals surface area contributed by atoms with E-state index >= 15 is 8.78 Å². The Labute approximate surface area is 364 Å². The van der Waals surface area contributed by atoms with E-state index in [2.05, 4.69) is 74.1 Å². The predicted octanol–water partition coefficient (Wildman–Crippen LogP) is 14.3. The van der Waals surface area contributed by atoms with Crippen molar-refractivity contribution in [2.75, 3.05) is 4.90 Å². The number of halogens is 2. The first kappa shape index (κ1) is 41.7. The molecule has 0 bridgehead atoms. The average Bonchev–Trinajstić information content (AvgIpc) is 3.19. The molecular weight excluding hydrogens is 843 g/mol. The van der Waals surface area contributed by atoms with E-state index in [0.29, 0.717) is 11.6 Å². The number of aryl methyl sites for hydroxylation is 6. The molecule has 6 aromatic carbocycles. The van der Waals surface area contributed by atoms with Crippen LogP contribution in [-0.4, -0.2) is 9.97 Å². The fourth-order valence-corrected chi connectivity index (χ4v) is 7.92. The van der Waals surface area contributed by atoms with E-state index in [4.69, 9.17) is 9.47 Å². The standard InChI is InChI=1S/C52H41F2N3O2.Pd/c1-32-21-34(3)51(35(4)22-32)38-17-19-55-48(25-38)45-30-49(47(54)31-46(45)53)58-43-27-42(57(40-13-9-7-10-14-40)41-15-11-8-12-16-41)28-44(29-43)59-50-26-39(18-20-56-50)52-36(5)23-33(2)24-37(52)6;/h7-28,31H,1-6H3;/q-2;+2. The van der Waals surface area contributed by atoms with Gasteiger partial charge in [-0.2, -0.15) is 0 Å². The van der Waals surface area contributed by atoms with Gasteiger partial charge in [0, 0.05) is 47.2 Å². The summed E-state index contributed by atoms with van der Waals surface area (Å²) in [7, 11) is 0. The zero-order chi connectivity index (χ0) is 41.2. The number of nitrogens with zero attached hydrogens (tertiary/aromatic N) is 3. The molecule has 0 spiro atoms. The van der Waals surface area contributed by atoms with Gasteiger partial charge in [0.15, 0.2) is 0 Å². The summed E-state index contributed by atoms with van der Waals surface area (Å²) in [4.78, 5) is 11.0. The van der Waals surface area contributed by atoms with Crippen LogP contribution in [0.2, 0.25) is 0 Å². The van der Waals surface area contributed by atoms with Crippen LogP contribution in [0.1, 0.15) is 33.4 Å². The summed E-state index contributed by atoms with van der Waals surface area (Å²) in [5, 5.41) is 0. The number of ether oxygens (including phenoxy) is 2. The molecule has 0 aliphatic heterocycles. The maximum absolute atomic E-state index is 15.8. The van der Waals surface area contributed by atoms with Gasteiger partial charge < -0.3 is 19.4 Å². The van der Waals surface area contributed by atoms with Gasteiger partial charge in [0.25, 0.3) is 0 Å². The molecule has 0 atom stereocenters. The molecule has 2 heterocycles. The summed E-state index contributed by atoms with van der Waals surface area (Å²) in [5.41, 5.74) is 13.4. The summed E-state index contributed by atoms with van der Waals surface area (Å²) in [5.74, 6) is -1.38. The molecule has 0 unspecified atom stereocenters. The van der Waals surface area contributed by atoms with Crippen LogP contribution in [-0.2, 0) is 20.4 Å². The third-order valence-corrected chi connectivity index (χ3v) is 10.1. The first-order chi connectivity index (χ1) is 28.5. The maximum atomic E-state index is 15.8. The van der Waals surface area contributed by atoms with E-state index in [1.807, 2.05) is 104 Å². The predicted molar refractivity (Wildman–Crippen MR) is 232 cm³/mol. The quantitative estimate of drug-likeness (QED) is 0.101. The molecule has 0 amide bonds. The van der Waals surface area contributed by atoms with Crippen LogP contribution in [0.3, 0.4) is 0 Å². The van der Waals surface area contributed by atoms with Crippen LogP contribution in [0.5, 0.6) is 23.1 Å². The number of para-hydroxylation sites is 2. The minimum absolute atomic E-state index is 0. The molecule has 0 aliphatic carbocycles. The van der Waals surface area contributed by atoms with Gasteiger partial charge in [-0.05, 0) is 128 Å². The van der Waals surface area contributed by atoms with Crippen molar-refractivity contribution in [1.82, 2.24) is 9.97 Å². The Balaban J connectivity index is 0.00000544. The number of aromatic nitrogens is 2. The van der Waals surface area contributed by atoms with Crippen LogP contribution in [0.4, 0.5) is 25.8 Å².